The van der Waals surface area contributed by atoms with Crippen molar-refractivity contribution in [3.63, 3.8) is 0 Å². The summed E-state index contributed by atoms with van der Waals surface area (Å²) in [4.78, 5) is 0. The van der Waals surface area contributed by atoms with Crippen LogP contribution >= 0.6 is 0 Å². The van der Waals surface area contributed by atoms with Gasteiger partial charge in [0.2, 0.25) is 0 Å². The van der Waals surface area contributed by atoms with E-state index in [9.17, 15) is 4.39 Å². The fourth-order valence-corrected chi connectivity index (χ4v) is 1.16. The summed E-state index contributed by atoms with van der Waals surface area (Å²) in [5, 5.41) is 0. The first-order chi connectivity index (χ1) is 6.77. The standard InChI is InChI=1S/C14H19F/c1-9(2)12(7)8-13(15)14(10(3)4)11(5)6/h8H,1,3,5H2,2,4,6-7H3. The van der Waals surface area contributed by atoms with Crippen LogP contribution in [0, 0.1) is 0 Å². The second kappa shape index (κ2) is 5.50. The van der Waals surface area contributed by atoms with Crippen LogP contribution in [0.4, 0.5) is 4.39 Å². The van der Waals surface area contributed by atoms with Gasteiger partial charge in [0.15, 0.2) is 0 Å². The van der Waals surface area contributed by atoms with E-state index in [4.69, 9.17) is 0 Å². The van der Waals surface area contributed by atoms with Crippen molar-refractivity contribution >= 4 is 0 Å². The van der Waals surface area contributed by atoms with E-state index in [0.717, 1.165) is 11.1 Å². The molecular weight excluding hydrogens is 187 g/mol. The molecule has 0 aliphatic heterocycles. The second-order valence-electron chi connectivity index (χ2n) is 3.89. The molecule has 0 aromatic heterocycles. The van der Waals surface area contributed by atoms with Crippen LogP contribution in [0.5, 0.6) is 0 Å². The molecule has 0 aromatic rings. The van der Waals surface area contributed by atoms with Gasteiger partial charge in [-0.3, -0.25) is 0 Å². The van der Waals surface area contributed by atoms with Crippen molar-refractivity contribution in [3.05, 3.63) is 59.5 Å². The highest BCUT2D eigenvalue weighted by atomic mass is 19.1. The van der Waals surface area contributed by atoms with Gasteiger partial charge in [-0.25, -0.2) is 4.39 Å². The van der Waals surface area contributed by atoms with Gasteiger partial charge in [0.1, 0.15) is 5.83 Å². The Labute approximate surface area is 92.2 Å². The highest BCUT2D eigenvalue weighted by Crippen LogP contribution is 2.24. The topological polar surface area (TPSA) is 0 Å². The molecule has 0 nitrogen and oxygen atoms in total. The first-order valence-corrected chi connectivity index (χ1v) is 4.83. The SMILES string of the molecule is C=C(C)C(C)=CC(F)=C(C(=C)C)C(=C)C. The largest absolute Gasteiger partial charge is 0.206 e. The molecule has 0 spiro atoms. The van der Waals surface area contributed by atoms with Gasteiger partial charge in [0, 0.05) is 5.57 Å². The fraction of sp³-hybridized carbons (Fsp3) is 0.286. The maximum absolute atomic E-state index is 13.8. The molecule has 0 aromatic carbocycles. The van der Waals surface area contributed by atoms with Crippen molar-refractivity contribution in [3.8, 4) is 0 Å². The van der Waals surface area contributed by atoms with Crippen LogP contribution in [-0.4, -0.2) is 0 Å². The smallest absolute Gasteiger partial charge is 0.131 e. The van der Waals surface area contributed by atoms with E-state index >= 15 is 0 Å². The summed E-state index contributed by atoms with van der Waals surface area (Å²) in [6, 6.07) is 0. The zero-order valence-electron chi connectivity index (χ0n) is 10.1. The van der Waals surface area contributed by atoms with Gasteiger partial charge in [-0.2, -0.15) is 0 Å². The minimum atomic E-state index is -0.296. The molecule has 0 saturated heterocycles. The molecular formula is C14H19F. The zero-order chi connectivity index (χ0) is 12.2. The molecule has 0 bridgehead atoms. The van der Waals surface area contributed by atoms with Crippen molar-refractivity contribution < 1.29 is 4.39 Å². The zero-order valence-corrected chi connectivity index (χ0v) is 10.1. The van der Waals surface area contributed by atoms with Crippen LogP contribution in [-0.2, 0) is 0 Å². The Balaban J connectivity index is 5.40. The van der Waals surface area contributed by atoms with Gasteiger partial charge in [0.25, 0.3) is 0 Å². The average molecular weight is 206 g/mol. The van der Waals surface area contributed by atoms with Crippen molar-refractivity contribution in [1.29, 1.82) is 0 Å². The minimum absolute atomic E-state index is 0.296. The monoisotopic (exact) mass is 206 g/mol. The van der Waals surface area contributed by atoms with Gasteiger partial charge in [-0.05, 0) is 50.5 Å². The van der Waals surface area contributed by atoms with E-state index in [0.29, 0.717) is 16.7 Å². The highest BCUT2D eigenvalue weighted by molar-refractivity contribution is 5.48. The third kappa shape index (κ3) is 4.11. The molecule has 1 heteroatoms. The van der Waals surface area contributed by atoms with Crippen LogP contribution in [0.2, 0.25) is 0 Å². The summed E-state index contributed by atoms with van der Waals surface area (Å²) < 4.78 is 13.8. The van der Waals surface area contributed by atoms with Crippen LogP contribution in [0.15, 0.2) is 59.5 Å². The maximum atomic E-state index is 13.8. The summed E-state index contributed by atoms with van der Waals surface area (Å²) in [6.07, 6.45) is 1.47. The minimum Gasteiger partial charge on any atom is -0.206 e. The molecule has 82 valence electrons. The van der Waals surface area contributed by atoms with Crippen LogP contribution in [0.25, 0.3) is 0 Å². The van der Waals surface area contributed by atoms with E-state index in [-0.39, 0.29) is 5.83 Å². The van der Waals surface area contributed by atoms with E-state index in [1.165, 1.54) is 6.08 Å². The molecule has 15 heavy (non-hydrogen) atoms. The number of rotatable bonds is 4. The molecule has 0 saturated carbocycles. The lowest BCUT2D eigenvalue weighted by Gasteiger charge is -2.07. The molecule has 0 N–H and O–H groups in total. The molecule has 0 fully saturated rings. The number of allylic oxidation sites excluding steroid dienone is 7. The van der Waals surface area contributed by atoms with Crippen LogP contribution < -0.4 is 0 Å². The Bertz CT molecular complexity index is 349. The van der Waals surface area contributed by atoms with E-state index < -0.39 is 0 Å². The summed E-state index contributed by atoms with van der Waals surface area (Å²) in [5.41, 5.74) is 3.55. The van der Waals surface area contributed by atoms with Gasteiger partial charge >= 0.3 is 0 Å². The van der Waals surface area contributed by atoms with Crippen molar-refractivity contribution in [1.82, 2.24) is 0 Å². The highest BCUT2D eigenvalue weighted by Gasteiger charge is 2.06. The van der Waals surface area contributed by atoms with E-state index in [1.807, 2.05) is 13.8 Å². The quantitative estimate of drug-likeness (QED) is 0.575. The van der Waals surface area contributed by atoms with Crippen LogP contribution in [0.3, 0.4) is 0 Å². The lowest BCUT2D eigenvalue weighted by molar-refractivity contribution is 0.656. The third-order valence-electron chi connectivity index (χ3n) is 2.11. The lowest BCUT2D eigenvalue weighted by atomic mass is 10.00. The molecule has 0 aliphatic carbocycles. The predicted molar refractivity (Wildman–Crippen MR) is 66.3 cm³/mol. The summed E-state index contributed by atoms with van der Waals surface area (Å²) in [5.74, 6) is -0.296. The fourth-order valence-electron chi connectivity index (χ4n) is 1.16. The van der Waals surface area contributed by atoms with Gasteiger partial charge in [-0.1, -0.05) is 25.3 Å². The molecule has 0 heterocycles. The maximum Gasteiger partial charge on any atom is 0.131 e. The summed E-state index contributed by atoms with van der Waals surface area (Å²) in [7, 11) is 0. The molecule has 0 rings (SSSR count). The Hall–Kier alpha value is -1.37. The van der Waals surface area contributed by atoms with E-state index in [2.05, 4.69) is 19.7 Å². The van der Waals surface area contributed by atoms with Crippen LogP contribution in [0.1, 0.15) is 27.7 Å². The van der Waals surface area contributed by atoms with Crippen molar-refractivity contribution in [2.75, 3.05) is 0 Å². The molecule has 0 aliphatic rings. The van der Waals surface area contributed by atoms with Gasteiger partial charge in [-0.15, -0.1) is 0 Å². The van der Waals surface area contributed by atoms with Gasteiger partial charge in [0.05, 0.1) is 0 Å². The van der Waals surface area contributed by atoms with Crippen molar-refractivity contribution in [2.45, 2.75) is 27.7 Å². The molecule has 0 unspecified atom stereocenters. The third-order valence-corrected chi connectivity index (χ3v) is 2.11. The predicted octanol–water partition coefficient (Wildman–Crippen LogP) is 4.88. The number of hydrogen-bond acceptors (Lipinski definition) is 0. The Morgan fingerprint density at radius 2 is 1.27 bits per heavy atom. The normalized spacial score (nSPS) is 10.9. The molecule has 0 radical (unpaired) electrons. The van der Waals surface area contributed by atoms with Crippen molar-refractivity contribution in [2.24, 2.45) is 0 Å². The number of halogens is 1. The summed E-state index contributed by atoms with van der Waals surface area (Å²) in [6.45, 7) is 18.5. The second-order valence-corrected chi connectivity index (χ2v) is 3.89. The van der Waals surface area contributed by atoms with Gasteiger partial charge < -0.3 is 0 Å². The summed E-state index contributed by atoms with van der Waals surface area (Å²) >= 11 is 0. The molecule has 0 amide bonds. The Morgan fingerprint density at radius 3 is 1.53 bits per heavy atom. The first-order valence-electron chi connectivity index (χ1n) is 4.83. The molecule has 0 atom stereocenters. The van der Waals surface area contributed by atoms with E-state index in [1.54, 1.807) is 13.8 Å². The number of hydrogen-bond donors (Lipinski definition) is 0. The lowest BCUT2D eigenvalue weighted by Crippen LogP contribution is -1.90. The Kier molecular flexibility index (Phi) is 4.99. The average Bonchev–Trinajstić information content (AvgIpc) is 2.01. The Morgan fingerprint density at radius 1 is 0.867 bits per heavy atom. The first kappa shape index (κ1) is 13.6.